The van der Waals surface area contributed by atoms with Crippen LogP contribution in [-0.4, -0.2) is 11.5 Å². The zero-order chi connectivity index (χ0) is 13.7. The fourth-order valence-electron chi connectivity index (χ4n) is 3.04. The molecule has 2 heterocycles. The fraction of sp³-hybridized carbons (Fsp3) is 0.812. The van der Waals surface area contributed by atoms with Gasteiger partial charge in [0.05, 0.1) is 10.7 Å². The highest BCUT2D eigenvalue weighted by atomic mass is 32.1. The molecule has 1 aliphatic rings. The molecule has 2 rings (SSSR count). The predicted molar refractivity (Wildman–Crippen MR) is 83.9 cm³/mol. The summed E-state index contributed by atoms with van der Waals surface area (Å²) in [5.41, 5.74) is 1.68. The smallest absolute Gasteiger partial charge is 0.0990 e. The Morgan fingerprint density at radius 1 is 1.21 bits per heavy atom. The Bertz CT molecular complexity index is 376. The number of hydrogen-bond acceptors (Lipinski definition) is 3. The van der Waals surface area contributed by atoms with Gasteiger partial charge in [0.2, 0.25) is 0 Å². The van der Waals surface area contributed by atoms with Gasteiger partial charge in [0.25, 0.3) is 0 Å². The minimum absolute atomic E-state index is 0.311. The Morgan fingerprint density at radius 3 is 2.74 bits per heavy atom. The molecule has 0 bridgehead atoms. The highest BCUT2D eigenvalue weighted by Crippen LogP contribution is 2.38. The van der Waals surface area contributed by atoms with Gasteiger partial charge in [-0.15, -0.1) is 11.3 Å². The van der Waals surface area contributed by atoms with Gasteiger partial charge < -0.3 is 5.32 Å². The van der Waals surface area contributed by atoms with Crippen molar-refractivity contribution in [2.45, 2.75) is 77.7 Å². The molecule has 1 aromatic rings. The van der Waals surface area contributed by atoms with Crippen molar-refractivity contribution in [2.75, 3.05) is 6.54 Å². The van der Waals surface area contributed by atoms with Crippen molar-refractivity contribution < 1.29 is 0 Å². The molecule has 0 spiro atoms. The van der Waals surface area contributed by atoms with E-state index in [1.807, 2.05) is 11.3 Å². The average molecular weight is 280 g/mol. The number of nitrogens with one attached hydrogen (secondary N) is 1. The van der Waals surface area contributed by atoms with Crippen LogP contribution in [0.1, 0.15) is 74.9 Å². The van der Waals surface area contributed by atoms with Crippen molar-refractivity contribution in [3.8, 4) is 0 Å². The third-order valence-corrected chi connectivity index (χ3v) is 5.66. The van der Waals surface area contributed by atoms with E-state index in [9.17, 15) is 0 Å². The molecular weight excluding hydrogens is 252 g/mol. The van der Waals surface area contributed by atoms with Gasteiger partial charge >= 0.3 is 0 Å². The number of fused-ring (bicyclic) bond motifs is 1. The molecule has 108 valence electrons. The molecule has 0 fully saturated rings. The second-order valence-electron chi connectivity index (χ2n) is 6.08. The second kappa shape index (κ2) is 6.85. The molecule has 1 aliphatic heterocycles. The summed E-state index contributed by atoms with van der Waals surface area (Å²) in [5, 5.41) is 4.86. The lowest BCUT2D eigenvalue weighted by Crippen LogP contribution is -2.23. The van der Waals surface area contributed by atoms with Gasteiger partial charge in [0.15, 0.2) is 0 Å². The second-order valence-corrected chi connectivity index (χ2v) is 7.17. The topological polar surface area (TPSA) is 24.9 Å². The Hall–Kier alpha value is -0.410. The standard InChI is InChI=1S/C16H28N2S/c1-4-6-7-10-16(3,9-5-2)15-18-13-8-11-17-12-14(13)19-15/h17H,4-12H2,1-3H3. The summed E-state index contributed by atoms with van der Waals surface area (Å²) >= 11 is 1.97. The van der Waals surface area contributed by atoms with E-state index in [-0.39, 0.29) is 0 Å². The third-order valence-electron chi connectivity index (χ3n) is 4.25. The maximum atomic E-state index is 5.00. The maximum absolute atomic E-state index is 5.00. The molecule has 19 heavy (non-hydrogen) atoms. The van der Waals surface area contributed by atoms with Crippen molar-refractivity contribution in [1.82, 2.24) is 10.3 Å². The predicted octanol–water partition coefficient (Wildman–Crippen LogP) is 4.43. The number of thiazole rings is 1. The first kappa shape index (κ1) is 15.0. The molecule has 1 aromatic heterocycles. The van der Waals surface area contributed by atoms with Crippen LogP contribution in [0, 0.1) is 0 Å². The molecule has 0 aromatic carbocycles. The summed E-state index contributed by atoms with van der Waals surface area (Å²) in [6.45, 7) is 9.14. The van der Waals surface area contributed by atoms with Gasteiger partial charge in [-0.2, -0.15) is 0 Å². The number of unbranched alkanes of at least 4 members (excludes halogenated alkanes) is 2. The van der Waals surface area contributed by atoms with E-state index >= 15 is 0 Å². The molecular formula is C16H28N2S. The number of rotatable bonds is 7. The largest absolute Gasteiger partial charge is 0.311 e. The van der Waals surface area contributed by atoms with E-state index in [1.165, 1.54) is 54.1 Å². The molecule has 2 nitrogen and oxygen atoms in total. The zero-order valence-corrected chi connectivity index (χ0v) is 13.5. The summed E-state index contributed by atoms with van der Waals surface area (Å²) < 4.78 is 0. The highest BCUT2D eigenvalue weighted by molar-refractivity contribution is 7.11. The first-order valence-electron chi connectivity index (χ1n) is 7.89. The average Bonchev–Trinajstić information content (AvgIpc) is 2.84. The Morgan fingerprint density at radius 2 is 2.05 bits per heavy atom. The Kier molecular flexibility index (Phi) is 5.40. The lowest BCUT2D eigenvalue weighted by atomic mass is 9.81. The van der Waals surface area contributed by atoms with Crippen LogP contribution in [0.4, 0.5) is 0 Å². The number of hydrogen-bond donors (Lipinski definition) is 1. The number of nitrogens with zero attached hydrogens (tertiary/aromatic N) is 1. The minimum Gasteiger partial charge on any atom is -0.311 e. The molecule has 0 amide bonds. The Balaban J connectivity index is 2.14. The van der Waals surface area contributed by atoms with E-state index < -0.39 is 0 Å². The Labute approximate surface area is 122 Å². The van der Waals surface area contributed by atoms with Crippen LogP contribution >= 0.6 is 11.3 Å². The van der Waals surface area contributed by atoms with Crippen molar-refractivity contribution in [1.29, 1.82) is 0 Å². The monoisotopic (exact) mass is 280 g/mol. The van der Waals surface area contributed by atoms with Crippen molar-refractivity contribution in [3.05, 3.63) is 15.6 Å². The van der Waals surface area contributed by atoms with E-state index in [1.54, 1.807) is 0 Å². The summed E-state index contributed by atoms with van der Waals surface area (Å²) in [5.74, 6) is 0. The van der Waals surface area contributed by atoms with Crippen molar-refractivity contribution in [2.24, 2.45) is 0 Å². The van der Waals surface area contributed by atoms with Crippen molar-refractivity contribution >= 4 is 11.3 Å². The first-order chi connectivity index (χ1) is 9.19. The van der Waals surface area contributed by atoms with E-state index in [0.717, 1.165) is 19.5 Å². The molecule has 0 saturated carbocycles. The molecule has 0 aliphatic carbocycles. The summed E-state index contributed by atoms with van der Waals surface area (Å²) in [7, 11) is 0. The first-order valence-corrected chi connectivity index (χ1v) is 8.71. The van der Waals surface area contributed by atoms with E-state index in [4.69, 9.17) is 4.98 Å². The molecule has 0 radical (unpaired) electrons. The van der Waals surface area contributed by atoms with Gasteiger partial charge in [-0.05, 0) is 12.8 Å². The SMILES string of the molecule is CCCCCC(C)(CCC)c1nc2c(s1)CNCC2. The van der Waals surface area contributed by atoms with Gasteiger partial charge in [-0.1, -0.05) is 46.5 Å². The summed E-state index contributed by atoms with van der Waals surface area (Å²) in [6.07, 6.45) is 8.95. The zero-order valence-electron chi connectivity index (χ0n) is 12.7. The molecule has 0 saturated heterocycles. The van der Waals surface area contributed by atoms with Gasteiger partial charge in [0.1, 0.15) is 0 Å². The third kappa shape index (κ3) is 3.57. The fourth-order valence-corrected chi connectivity index (χ4v) is 4.32. The lowest BCUT2D eigenvalue weighted by molar-refractivity contribution is 0.376. The van der Waals surface area contributed by atoms with Crippen LogP contribution < -0.4 is 5.32 Å². The van der Waals surface area contributed by atoms with Crippen LogP contribution in [0.5, 0.6) is 0 Å². The van der Waals surface area contributed by atoms with Crippen LogP contribution in [0.15, 0.2) is 0 Å². The lowest BCUT2D eigenvalue weighted by Gasteiger charge is -2.27. The molecule has 3 heteroatoms. The van der Waals surface area contributed by atoms with Gasteiger partial charge in [0, 0.05) is 29.8 Å². The molecule has 1 unspecified atom stereocenters. The molecule has 1 N–H and O–H groups in total. The normalized spacial score (nSPS) is 18.1. The van der Waals surface area contributed by atoms with Crippen molar-refractivity contribution in [3.63, 3.8) is 0 Å². The maximum Gasteiger partial charge on any atom is 0.0990 e. The minimum atomic E-state index is 0.311. The quantitative estimate of drug-likeness (QED) is 0.748. The van der Waals surface area contributed by atoms with Crippen LogP contribution in [0.25, 0.3) is 0 Å². The van der Waals surface area contributed by atoms with Gasteiger partial charge in [-0.3, -0.25) is 0 Å². The van der Waals surface area contributed by atoms with Crippen LogP contribution in [-0.2, 0) is 18.4 Å². The highest BCUT2D eigenvalue weighted by Gasteiger charge is 2.30. The molecule has 1 atom stereocenters. The van der Waals surface area contributed by atoms with Crippen LogP contribution in [0.3, 0.4) is 0 Å². The van der Waals surface area contributed by atoms with Crippen LogP contribution in [0.2, 0.25) is 0 Å². The van der Waals surface area contributed by atoms with Gasteiger partial charge in [-0.25, -0.2) is 4.98 Å². The summed E-state index contributed by atoms with van der Waals surface area (Å²) in [6, 6.07) is 0. The van der Waals surface area contributed by atoms with E-state index in [0.29, 0.717) is 5.41 Å². The summed E-state index contributed by atoms with van der Waals surface area (Å²) in [4.78, 5) is 6.48. The number of aromatic nitrogens is 1. The van der Waals surface area contributed by atoms with E-state index in [2.05, 4.69) is 26.1 Å².